The molecular formula is C20H32O3. The molecule has 0 bridgehead atoms. The van der Waals surface area contributed by atoms with E-state index in [2.05, 4.69) is 26.2 Å². The zero-order chi connectivity index (χ0) is 17.4. The van der Waals surface area contributed by atoms with Gasteiger partial charge in [-0.25, -0.2) is 0 Å². The third-order valence-electron chi connectivity index (χ3n) is 4.67. The average Bonchev–Trinajstić information content (AvgIpc) is 2.49. The fourth-order valence-electron chi connectivity index (χ4n) is 2.96. The van der Waals surface area contributed by atoms with Crippen molar-refractivity contribution in [3.05, 3.63) is 47.6 Å². The highest BCUT2D eigenvalue weighted by atomic mass is 16.3. The van der Waals surface area contributed by atoms with Crippen molar-refractivity contribution in [2.24, 2.45) is 5.92 Å². The molecule has 3 nitrogen and oxygen atoms in total. The summed E-state index contributed by atoms with van der Waals surface area (Å²) in [5, 5.41) is 30.2. The lowest BCUT2D eigenvalue weighted by Crippen LogP contribution is -2.20. The summed E-state index contributed by atoms with van der Waals surface area (Å²) in [5.74, 6) is -0.0114. The maximum absolute atomic E-state index is 10.5. The molecule has 3 heteroatoms. The molecule has 3 atom stereocenters. The molecule has 1 rings (SSSR count). The van der Waals surface area contributed by atoms with Gasteiger partial charge in [0.2, 0.25) is 0 Å². The van der Waals surface area contributed by atoms with E-state index in [1.165, 1.54) is 5.57 Å². The third kappa shape index (κ3) is 6.86. The molecule has 0 aliphatic heterocycles. The molecule has 23 heavy (non-hydrogen) atoms. The molecule has 1 unspecified atom stereocenters. The van der Waals surface area contributed by atoms with Crippen LogP contribution in [0.25, 0.3) is 0 Å². The van der Waals surface area contributed by atoms with Crippen molar-refractivity contribution < 1.29 is 15.3 Å². The topological polar surface area (TPSA) is 60.7 Å². The van der Waals surface area contributed by atoms with Crippen molar-refractivity contribution in [3.63, 3.8) is 0 Å². The van der Waals surface area contributed by atoms with Crippen LogP contribution in [-0.2, 0) is 0 Å². The summed E-state index contributed by atoms with van der Waals surface area (Å²) in [7, 11) is 0. The Morgan fingerprint density at radius 3 is 2.52 bits per heavy atom. The quantitative estimate of drug-likeness (QED) is 0.680. The van der Waals surface area contributed by atoms with Crippen LogP contribution in [0.4, 0.5) is 0 Å². The normalized spacial score (nSPS) is 33.1. The Hall–Kier alpha value is -1.16. The lowest BCUT2D eigenvalue weighted by atomic mass is 9.87. The molecule has 0 saturated heterocycles. The van der Waals surface area contributed by atoms with Crippen LogP contribution >= 0.6 is 0 Å². The van der Waals surface area contributed by atoms with Crippen molar-refractivity contribution in [2.75, 3.05) is 6.61 Å². The van der Waals surface area contributed by atoms with Gasteiger partial charge in [-0.05, 0) is 63.5 Å². The molecule has 0 radical (unpaired) electrons. The largest absolute Gasteiger partial charge is 0.392 e. The molecule has 1 aliphatic rings. The maximum atomic E-state index is 10.5. The lowest BCUT2D eigenvalue weighted by molar-refractivity contribution is 0.162. The molecule has 0 aromatic rings. The number of allylic oxidation sites excluding steroid dienone is 2. The van der Waals surface area contributed by atoms with Crippen LogP contribution in [0.3, 0.4) is 0 Å². The van der Waals surface area contributed by atoms with E-state index in [-0.39, 0.29) is 12.5 Å². The first-order valence-electron chi connectivity index (χ1n) is 8.50. The van der Waals surface area contributed by atoms with Crippen molar-refractivity contribution in [3.8, 4) is 0 Å². The van der Waals surface area contributed by atoms with Crippen LogP contribution < -0.4 is 0 Å². The summed E-state index contributed by atoms with van der Waals surface area (Å²) in [6.07, 6.45) is 7.23. The minimum absolute atomic E-state index is 0.0114. The van der Waals surface area contributed by atoms with Gasteiger partial charge in [0.1, 0.15) is 0 Å². The van der Waals surface area contributed by atoms with Gasteiger partial charge < -0.3 is 15.3 Å². The Labute approximate surface area is 140 Å². The van der Waals surface area contributed by atoms with Crippen LogP contribution in [0.5, 0.6) is 0 Å². The van der Waals surface area contributed by atoms with E-state index < -0.39 is 12.2 Å². The number of aliphatic hydroxyl groups is 3. The van der Waals surface area contributed by atoms with Crippen molar-refractivity contribution in [1.29, 1.82) is 0 Å². The highest BCUT2D eigenvalue weighted by Gasteiger charge is 2.19. The lowest BCUT2D eigenvalue weighted by Gasteiger charge is -2.23. The Balaban J connectivity index is 2.98. The number of rotatable bonds is 2. The number of aliphatic hydroxyl groups excluding tert-OH is 3. The van der Waals surface area contributed by atoms with Gasteiger partial charge in [0, 0.05) is 5.92 Å². The Bertz CT molecular complexity index is 473. The Morgan fingerprint density at radius 2 is 1.91 bits per heavy atom. The number of hydrogen-bond donors (Lipinski definition) is 3. The SMILES string of the molecule is C=C1CC/C=C(\C)CC[C@H](C(=C)C)[C@@H](O)/C=C(/CO)CCC1O. The summed E-state index contributed by atoms with van der Waals surface area (Å²) in [6, 6.07) is 0. The monoisotopic (exact) mass is 320 g/mol. The van der Waals surface area contributed by atoms with Gasteiger partial charge in [0.05, 0.1) is 18.8 Å². The molecule has 1 aliphatic carbocycles. The highest BCUT2D eigenvalue weighted by molar-refractivity contribution is 5.14. The summed E-state index contributed by atoms with van der Waals surface area (Å²) < 4.78 is 0. The van der Waals surface area contributed by atoms with Crippen LogP contribution in [0.2, 0.25) is 0 Å². The smallest absolute Gasteiger partial charge is 0.0789 e. The molecule has 3 N–H and O–H groups in total. The third-order valence-corrected chi connectivity index (χ3v) is 4.67. The van der Waals surface area contributed by atoms with Crippen molar-refractivity contribution in [2.45, 2.75) is 64.6 Å². The second-order valence-corrected chi connectivity index (χ2v) is 6.77. The second-order valence-electron chi connectivity index (χ2n) is 6.77. The van der Waals surface area contributed by atoms with Gasteiger partial charge in [-0.3, -0.25) is 0 Å². The van der Waals surface area contributed by atoms with E-state index in [0.29, 0.717) is 12.8 Å². The van der Waals surface area contributed by atoms with Crippen molar-refractivity contribution >= 4 is 0 Å². The second kappa shape index (κ2) is 9.86. The van der Waals surface area contributed by atoms with Gasteiger partial charge in [0.15, 0.2) is 0 Å². The van der Waals surface area contributed by atoms with Gasteiger partial charge >= 0.3 is 0 Å². The van der Waals surface area contributed by atoms with E-state index in [9.17, 15) is 15.3 Å². The summed E-state index contributed by atoms with van der Waals surface area (Å²) in [6.45, 7) is 11.9. The van der Waals surface area contributed by atoms with E-state index in [1.807, 2.05) is 6.92 Å². The molecule has 0 amide bonds. The molecule has 0 aromatic heterocycles. The highest BCUT2D eigenvalue weighted by Crippen LogP contribution is 2.26. The molecule has 0 saturated carbocycles. The fourth-order valence-corrected chi connectivity index (χ4v) is 2.96. The van der Waals surface area contributed by atoms with E-state index in [0.717, 1.165) is 42.4 Å². The summed E-state index contributed by atoms with van der Waals surface area (Å²) >= 11 is 0. The fraction of sp³-hybridized carbons (Fsp3) is 0.600. The van der Waals surface area contributed by atoms with Gasteiger partial charge in [-0.1, -0.05) is 36.5 Å². The summed E-state index contributed by atoms with van der Waals surface area (Å²) in [5.41, 5.74) is 3.84. The zero-order valence-corrected chi connectivity index (χ0v) is 14.6. The molecule has 0 fully saturated rings. The summed E-state index contributed by atoms with van der Waals surface area (Å²) in [4.78, 5) is 0. The van der Waals surface area contributed by atoms with Crippen molar-refractivity contribution in [1.82, 2.24) is 0 Å². The first-order chi connectivity index (χ1) is 10.8. The molecule has 130 valence electrons. The number of hydrogen-bond acceptors (Lipinski definition) is 3. The Morgan fingerprint density at radius 1 is 1.22 bits per heavy atom. The van der Waals surface area contributed by atoms with Crippen LogP contribution in [0, 0.1) is 5.92 Å². The van der Waals surface area contributed by atoms with Crippen LogP contribution in [-0.4, -0.2) is 34.1 Å². The standard InChI is InChI=1S/C20H32O3/c1-14(2)18-10-8-15(3)6-5-7-16(4)19(22)11-9-17(13-21)12-20(18)23/h6,12,18-23H,1,4-5,7-11,13H2,2-3H3/b15-6+,17-12+/t18-,19?,20+/m1/s1. The predicted molar refractivity (Wildman–Crippen MR) is 96.1 cm³/mol. The van der Waals surface area contributed by atoms with E-state index >= 15 is 0 Å². The van der Waals surface area contributed by atoms with E-state index in [4.69, 9.17) is 0 Å². The molecule has 0 spiro atoms. The molecular weight excluding hydrogens is 288 g/mol. The maximum Gasteiger partial charge on any atom is 0.0789 e. The van der Waals surface area contributed by atoms with Gasteiger partial charge in [-0.15, -0.1) is 0 Å². The minimum Gasteiger partial charge on any atom is -0.392 e. The first kappa shape index (κ1) is 19.9. The molecule has 0 aromatic carbocycles. The van der Waals surface area contributed by atoms with Gasteiger partial charge in [-0.2, -0.15) is 0 Å². The Kier molecular flexibility index (Phi) is 8.53. The van der Waals surface area contributed by atoms with Crippen LogP contribution in [0.15, 0.2) is 47.6 Å². The predicted octanol–water partition coefficient (Wildman–Crippen LogP) is 3.68. The minimum atomic E-state index is -0.647. The molecule has 0 heterocycles. The first-order valence-corrected chi connectivity index (χ1v) is 8.50. The van der Waals surface area contributed by atoms with Crippen LogP contribution in [0.1, 0.15) is 52.4 Å². The van der Waals surface area contributed by atoms with E-state index in [1.54, 1.807) is 6.08 Å². The zero-order valence-electron chi connectivity index (χ0n) is 14.6. The average molecular weight is 320 g/mol. The van der Waals surface area contributed by atoms with Gasteiger partial charge in [0.25, 0.3) is 0 Å².